The van der Waals surface area contributed by atoms with Crippen LogP contribution in [0.3, 0.4) is 0 Å². The third kappa shape index (κ3) is 5.60. The molecule has 9 nitrogen and oxygen atoms in total. The van der Waals surface area contributed by atoms with Gasteiger partial charge in [-0.05, 0) is 37.3 Å². The van der Waals surface area contributed by atoms with Gasteiger partial charge in [0.2, 0.25) is 0 Å². The highest BCUT2D eigenvalue weighted by atomic mass is 19.4. The van der Waals surface area contributed by atoms with Gasteiger partial charge in [-0.1, -0.05) is 24.3 Å². The zero-order chi connectivity index (χ0) is 28.4. The molecule has 2 aromatic heterocycles. The SMILES string of the molecule is CCn1cc(-c2cc(C(=O)Nc3cc(Oc4cccc(C(F)(F)F)c4)cc([N+](=O)[O-])c3)c3ccccc3n2)cn1. The predicted octanol–water partition coefficient (Wildman–Crippen LogP) is 7.09. The van der Waals surface area contributed by atoms with Crippen molar-refractivity contribution in [3.05, 3.63) is 106 Å². The third-order valence-electron chi connectivity index (χ3n) is 5.97. The Kier molecular flexibility index (Phi) is 6.91. The van der Waals surface area contributed by atoms with E-state index in [0.717, 1.165) is 30.3 Å². The lowest BCUT2D eigenvalue weighted by atomic mass is 10.0. The number of nitro benzene ring substituents is 1. The average Bonchev–Trinajstić information content (AvgIpc) is 3.41. The molecule has 0 spiro atoms. The Morgan fingerprint density at radius 1 is 1.05 bits per heavy atom. The van der Waals surface area contributed by atoms with Gasteiger partial charge in [-0.25, -0.2) is 4.98 Å². The van der Waals surface area contributed by atoms with Gasteiger partial charge in [0.15, 0.2) is 0 Å². The molecule has 0 radical (unpaired) electrons. The number of non-ortho nitro benzene ring substituents is 1. The van der Waals surface area contributed by atoms with Gasteiger partial charge in [-0.3, -0.25) is 19.6 Å². The van der Waals surface area contributed by atoms with Crippen molar-refractivity contribution in [1.82, 2.24) is 14.8 Å². The normalized spacial score (nSPS) is 11.4. The van der Waals surface area contributed by atoms with E-state index in [0.29, 0.717) is 28.7 Å². The van der Waals surface area contributed by atoms with Gasteiger partial charge in [0.25, 0.3) is 11.6 Å². The minimum atomic E-state index is -4.59. The molecular weight excluding hydrogens is 527 g/mol. The number of aromatic nitrogens is 3. The number of ether oxygens (including phenoxy) is 1. The number of pyridine rings is 1. The summed E-state index contributed by atoms with van der Waals surface area (Å²) in [5, 5.41) is 19.0. The van der Waals surface area contributed by atoms with E-state index in [1.54, 1.807) is 47.4 Å². The second kappa shape index (κ2) is 10.5. The van der Waals surface area contributed by atoms with Crippen LogP contribution in [0.5, 0.6) is 11.5 Å². The topological polar surface area (TPSA) is 112 Å². The van der Waals surface area contributed by atoms with Gasteiger partial charge < -0.3 is 10.1 Å². The summed E-state index contributed by atoms with van der Waals surface area (Å²) in [6.45, 7) is 2.59. The number of nitro groups is 1. The Labute approximate surface area is 225 Å². The van der Waals surface area contributed by atoms with Crippen LogP contribution >= 0.6 is 0 Å². The van der Waals surface area contributed by atoms with Gasteiger partial charge in [-0.15, -0.1) is 0 Å². The summed E-state index contributed by atoms with van der Waals surface area (Å²) in [6.07, 6.45) is -1.15. The van der Waals surface area contributed by atoms with Crippen LogP contribution in [0, 0.1) is 10.1 Å². The summed E-state index contributed by atoms with van der Waals surface area (Å²) < 4.78 is 46.6. The zero-order valence-corrected chi connectivity index (χ0v) is 20.8. The maximum absolute atomic E-state index is 13.5. The molecule has 0 unspecified atom stereocenters. The number of carbonyl (C=O) groups excluding carboxylic acids is 1. The summed E-state index contributed by atoms with van der Waals surface area (Å²) in [5.74, 6) is -0.880. The first-order valence-electron chi connectivity index (χ1n) is 12.0. The first-order chi connectivity index (χ1) is 19.1. The largest absolute Gasteiger partial charge is 0.457 e. The molecule has 40 heavy (non-hydrogen) atoms. The van der Waals surface area contributed by atoms with Gasteiger partial charge in [0, 0.05) is 35.8 Å². The standard InChI is InChI=1S/C28H20F3N5O4/c1-2-35-16-17(15-32-35)26-14-24(23-8-3-4-9-25(23)34-26)27(37)33-19-11-20(36(38)39)13-22(12-19)40-21-7-5-6-18(10-21)28(29,30)31/h3-16H,2H2,1H3,(H,33,37). The quantitative estimate of drug-likeness (QED) is 0.172. The highest BCUT2D eigenvalue weighted by Crippen LogP contribution is 2.35. The number of anilines is 1. The Bertz CT molecular complexity index is 1750. The fraction of sp³-hybridized carbons (Fsp3) is 0.107. The van der Waals surface area contributed by atoms with Gasteiger partial charge in [-0.2, -0.15) is 18.3 Å². The molecule has 0 fully saturated rings. The summed E-state index contributed by atoms with van der Waals surface area (Å²) in [7, 11) is 0. The predicted molar refractivity (Wildman–Crippen MR) is 141 cm³/mol. The number of alkyl halides is 3. The van der Waals surface area contributed by atoms with Crippen LogP contribution < -0.4 is 10.1 Å². The number of nitrogens with zero attached hydrogens (tertiary/aromatic N) is 4. The molecule has 3 aromatic carbocycles. The van der Waals surface area contributed by atoms with E-state index >= 15 is 0 Å². The number of amides is 1. The molecule has 5 rings (SSSR count). The van der Waals surface area contributed by atoms with Crippen LogP contribution in [0.15, 0.2) is 85.2 Å². The van der Waals surface area contributed by atoms with Gasteiger partial charge >= 0.3 is 6.18 Å². The number of carbonyl (C=O) groups is 1. The lowest BCUT2D eigenvalue weighted by Gasteiger charge is -2.12. The zero-order valence-electron chi connectivity index (χ0n) is 20.8. The summed E-state index contributed by atoms with van der Waals surface area (Å²) in [6, 6.07) is 16.2. The van der Waals surface area contributed by atoms with E-state index in [2.05, 4.69) is 15.4 Å². The van der Waals surface area contributed by atoms with E-state index < -0.39 is 28.3 Å². The maximum Gasteiger partial charge on any atom is 0.416 e. The Morgan fingerprint density at radius 2 is 1.85 bits per heavy atom. The molecule has 0 aliphatic carbocycles. The fourth-order valence-electron chi connectivity index (χ4n) is 4.07. The smallest absolute Gasteiger partial charge is 0.416 e. The van der Waals surface area contributed by atoms with Crippen molar-refractivity contribution in [1.29, 1.82) is 0 Å². The third-order valence-corrected chi connectivity index (χ3v) is 5.97. The number of aryl methyl sites for hydroxylation is 1. The molecule has 2 heterocycles. The molecule has 0 bridgehead atoms. The molecule has 12 heteroatoms. The van der Waals surface area contributed by atoms with Crippen LogP contribution in [-0.2, 0) is 12.7 Å². The highest BCUT2D eigenvalue weighted by Gasteiger charge is 2.30. The average molecular weight is 547 g/mol. The van der Waals surface area contributed by atoms with E-state index in [9.17, 15) is 28.1 Å². The molecule has 202 valence electrons. The van der Waals surface area contributed by atoms with E-state index in [1.165, 1.54) is 12.1 Å². The molecule has 0 aliphatic rings. The molecule has 1 N–H and O–H groups in total. The van der Waals surface area contributed by atoms with E-state index in [4.69, 9.17) is 4.74 Å². The number of halogens is 3. The number of para-hydroxylation sites is 1. The maximum atomic E-state index is 13.5. The van der Waals surface area contributed by atoms with E-state index in [-0.39, 0.29) is 22.7 Å². The van der Waals surface area contributed by atoms with Gasteiger partial charge in [0.1, 0.15) is 11.5 Å². The first kappa shape index (κ1) is 26.4. The molecule has 0 atom stereocenters. The Hall–Kier alpha value is -5.26. The van der Waals surface area contributed by atoms with Crippen LogP contribution in [0.4, 0.5) is 24.5 Å². The molecule has 5 aromatic rings. The summed E-state index contributed by atoms with van der Waals surface area (Å²) >= 11 is 0. The number of hydrogen-bond donors (Lipinski definition) is 1. The van der Waals surface area contributed by atoms with E-state index in [1.807, 2.05) is 6.92 Å². The number of hydrogen-bond acceptors (Lipinski definition) is 6. The summed E-state index contributed by atoms with van der Waals surface area (Å²) in [5.41, 5.74) is 0.687. The monoisotopic (exact) mass is 547 g/mol. The number of nitrogens with one attached hydrogen (secondary N) is 1. The van der Waals surface area contributed by atoms with Crippen molar-refractivity contribution in [3.8, 4) is 22.8 Å². The minimum Gasteiger partial charge on any atom is -0.457 e. The number of benzene rings is 3. The molecule has 0 aliphatic heterocycles. The number of rotatable bonds is 7. The van der Waals surface area contributed by atoms with Crippen molar-refractivity contribution in [2.75, 3.05) is 5.32 Å². The van der Waals surface area contributed by atoms with Crippen LogP contribution in [0.1, 0.15) is 22.8 Å². The van der Waals surface area contributed by atoms with Crippen LogP contribution in [-0.4, -0.2) is 25.6 Å². The Balaban J connectivity index is 1.50. The molecule has 0 saturated carbocycles. The lowest BCUT2D eigenvalue weighted by Crippen LogP contribution is -2.13. The number of fused-ring (bicyclic) bond motifs is 1. The molecular formula is C28H20F3N5O4. The van der Waals surface area contributed by atoms with Crippen molar-refractivity contribution in [2.24, 2.45) is 0 Å². The van der Waals surface area contributed by atoms with Crippen LogP contribution in [0.2, 0.25) is 0 Å². The minimum absolute atomic E-state index is 0.0161. The van der Waals surface area contributed by atoms with Crippen molar-refractivity contribution in [2.45, 2.75) is 19.6 Å². The summed E-state index contributed by atoms with van der Waals surface area (Å²) in [4.78, 5) is 29.0. The lowest BCUT2D eigenvalue weighted by molar-refractivity contribution is -0.384. The second-order valence-corrected chi connectivity index (χ2v) is 8.71. The van der Waals surface area contributed by atoms with Crippen molar-refractivity contribution < 1.29 is 27.6 Å². The molecule has 0 saturated heterocycles. The first-order valence-corrected chi connectivity index (χ1v) is 12.0. The second-order valence-electron chi connectivity index (χ2n) is 8.71. The Morgan fingerprint density at radius 3 is 2.58 bits per heavy atom. The van der Waals surface area contributed by atoms with Gasteiger partial charge in [0.05, 0.1) is 45.2 Å². The van der Waals surface area contributed by atoms with Crippen molar-refractivity contribution >= 4 is 28.2 Å². The van der Waals surface area contributed by atoms with Crippen molar-refractivity contribution in [3.63, 3.8) is 0 Å². The fourth-order valence-corrected chi connectivity index (χ4v) is 4.07. The van der Waals surface area contributed by atoms with Crippen LogP contribution in [0.25, 0.3) is 22.2 Å². The highest BCUT2D eigenvalue weighted by molar-refractivity contribution is 6.13. The molecule has 1 amide bonds.